The van der Waals surface area contributed by atoms with Gasteiger partial charge in [0.25, 0.3) is 0 Å². The molecule has 0 spiro atoms. The third kappa shape index (κ3) is 3.70. The van der Waals surface area contributed by atoms with Gasteiger partial charge in [0.2, 0.25) is 12.7 Å². The molecule has 8 nitrogen and oxygen atoms in total. The lowest BCUT2D eigenvalue weighted by Crippen LogP contribution is -2.44. The van der Waals surface area contributed by atoms with E-state index in [1.807, 2.05) is 23.6 Å². The van der Waals surface area contributed by atoms with Gasteiger partial charge in [-0.3, -0.25) is 4.90 Å². The first-order valence-corrected chi connectivity index (χ1v) is 9.72. The number of halogens is 1. The van der Waals surface area contributed by atoms with Crippen LogP contribution in [0.5, 0.6) is 11.5 Å². The minimum absolute atomic E-state index is 0. The van der Waals surface area contributed by atoms with Gasteiger partial charge in [0.05, 0.1) is 18.2 Å². The zero-order valence-electron chi connectivity index (χ0n) is 15.3. The van der Waals surface area contributed by atoms with Gasteiger partial charge in [-0.25, -0.2) is 4.98 Å². The molecule has 5 rings (SSSR count). The molecule has 10 heteroatoms. The third-order valence-corrected chi connectivity index (χ3v) is 5.74. The molecule has 0 saturated carbocycles. The van der Waals surface area contributed by atoms with E-state index < -0.39 is 0 Å². The molecule has 0 amide bonds. The molecule has 1 N–H and O–H groups in total. The van der Waals surface area contributed by atoms with Gasteiger partial charge in [-0.2, -0.15) is 4.98 Å². The summed E-state index contributed by atoms with van der Waals surface area (Å²) in [5.41, 5.74) is 1.93. The first-order valence-electron chi connectivity index (χ1n) is 8.84. The molecule has 1 atom stereocenters. The van der Waals surface area contributed by atoms with Crippen LogP contribution in [0.4, 0.5) is 0 Å². The van der Waals surface area contributed by atoms with E-state index in [9.17, 15) is 0 Å². The highest BCUT2D eigenvalue weighted by Crippen LogP contribution is 2.36. The Balaban J connectivity index is 0.00000192. The van der Waals surface area contributed by atoms with Crippen LogP contribution in [-0.4, -0.2) is 53.5 Å². The maximum atomic E-state index is 5.46. The zero-order valence-corrected chi connectivity index (χ0v) is 16.9. The van der Waals surface area contributed by atoms with Crippen molar-refractivity contribution < 1.29 is 14.0 Å². The van der Waals surface area contributed by atoms with E-state index in [0.717, 1.165) is 53.2 Å². The van der Waals surface area contributed by atoms with Crippen molar-refractivity contribution in [1.82, 2.24) is 25.3 Å². The largest absolute Gasteiger partial charge is 0.454 e. The van der Waals surface area contributed by atoms with Crippen LogP contribution in [0.25, 0.3) is 10.6 Å². The Morgan fingerprint density at radius 1 is 1.25 bits per heavy atom. The maximum Gasteiger partial charge on any atom is 0.232 e. The normalized spacial score (nSPS) is 18.8. The van der Waals surface area contributed by atoms with Crippen molar-refractivity contribution in [3.63, 3.8) is 0 Å². The molecule has 0 radical (unpaired) electrons. The molecule has 1 fully saturated rings. The lowest BCUT2D eigenvalue weighted by molar-refractivity contribution is 0.174. The predicted octanol–water partition coefficient (Wildman–Crippen LogP) is 2.51. The van der Waals surface area contributed by atoms with Crippen LogP contribution in [0.2, 0.25) is 0 Å². The summed E-state index contributed by atoms with van der Waals surface area (Å²) in [6.45, 7) is 3.06. The second-order valence-electron chi connectivity index (χ2n) is 6.64. The van der Waals surface area contributed by atoms with Crippen LogP contribution >= 0.6 is 23.7 Å². The summed E-state index contributed by atoms with van der Waals surface area (Å²) >= 11 is 1.59. The number of piperazine rings is 1. The van der Waals surface area contributed by atoms with Crippen LogP contribution in [0.1, 0.15) is 23.5 Å². The van der Waals surface area contributed by atoms with E-state index in [0.29, 0.717) is 12.3 Å². The van der Waals surface area contributed by atoms with Crippen LogP contribution in [0, 0.1) is 0 Å². The van der Waals surface area contributed by atoms with Gasteiger partial charge in [0, 0.05) is 30.6 Å². The van der Waals surface area contributed by atoms with E-state index in [2.05, 4.69) is 27.4 Å². The Kier molecular flexibility index (Phi) is 5.49. The second-order valence-corrected chi connectivity index (χ2v) is 7.49. The summed E-state index contributed by atoms with van der Waals surface area (Å²) in [5.74, 6) is 2.85. The molecule has 2 aliphatic rings. The number of nitrogens with one attached hydrogen (secondary N) is 1. The number of hydrogen-bond donors (Lipinski definition) is 1. The van der Waals surface area contributed by atoms with Crippen molar-refractivity contribution in [3.8, 4) is 22.1 Å². The molecule has 4 heterocycles. The van der Waals surface area contributed by atoms with Crippen molar-refractivity contribution >= 4 is 23.7 Å². The van der Waals surface area contributed by atoms with E-state index >= 15 is 0 Å². The van der Waals surface area contributed by atoms with Gasteiger partial charge >= 0.3 is 0 Å². The van der Waals surface area contributed by atoms with E-state index in [1.165, 1.54) is 0 Å². The molecule has 28 heavy (non-hydrogen) atoms. The summed E-state index contributed by atoms with van der Waals surface area (Å²) in [6.07, 6.45) is 0.526. The van der Waals surface area contributed by atoms with E-state index in [-0.39, 0.29) is 25.2 Å². The molecule has 0 aliphatic carbocycles. The summed E-state index contributed by atoms with van der Waals surface area (Å²) in [7, 11) is 2.08. The molecule has 0 bridgehead atoms. The van der Waals surface area contributed by atoms with Gasteiger partial charge in [-0.05, 0) is 25.2 Å². The number of benzene rings is 1. The number of nitrogens with zero attached hydrogens (tertiary/aromatic N) is 4. The van der Waals surface area contributed by atoms with Gasteiger partial charge in [0.15, 0.2) is 17.3 Å². The van der Waals surface area contributed by atoms with Crippen molar-refractivity contribution in [2.75, 3.05) is 33.5 Å². The van der Waals surface area contributed by atoms with Crippen molar-refractivity contribution in [1.29, 1.82) is 0 Å². The van der Waals surface area contributed by atoms with E-state index in [4.69, 9.17) is 19.0 Å². The number of hydrogen-bond acceptors (Lipinski definition) is 9. The molecule has 1 saturated heterocycles. The van der Waals surface area contributed by atoms with Gasteiger partial charge in [-0.15, -0.1) is 23.7 Å². The quantitative estimate of drug-likeness (QED) is 0.687. The highest BCUT2D eigenvalue weighted by atomic mass is 35.5. The van der Waals surface area contributed by atoms with Gasteiger partial charge in [0.1, 0.15) is 5.01 Å². The first kappa shape index (κ1) is 19.1. The standard InChI is InChI=1S/C18H19N5O3S.ClH/c1-23-5-4-19-8-13(23)17-21-16(26-22-17)7-12-9-27-18(20-12)11-2-3-14-15(6-11)25-10-24-14;/h2-3,6,9,13,19H,4-5,7-8,10H2,1H3;1H. The SMILES string of the molecule is CN1CCNCC1c1noc(Cc2csc(-c3ccc4c(c3)OCO4)n2)n1.Cl. The second kappa shape index (κ2) is 8.04. The average molecular weight is 422 g/mol. The Morgan fingerprint density at radius 3 is 3.04 bits per heavy atom. The molecule has 2 aromatic heterocycles. The molecule has 1 unspecified atom stereocenters. The maximum absolute atomic E-state index is 5.46. The van der Waals surface area contributed by atoms with Crippen molar-refractivity contribution in [2.45, 2.75) is 12.5 Å². The molecule has 3 aromatic rings. The lowest BCUT2D eigenvalue weighted by Gasteiger charge is -2.30. The molecule has 1 aromatic carbocycles. The molecular weight excluding hydrogens is 402 g/mol. The van der Waals surface area contributed by atoms with Gasteiger partial charge < -0.3 is 19.3 Å². The fourth-order valence-electron chi connectivity index (χ4n) is 3.27. The van der Waals surface area contributed by atoms with Crippen LogP contribution in [0.15, 0.2) is 28.1 Å². The Bertz CT molecular complexity index is 962. The van der Waals surface area contributed by atoms with Crippen molar-refractivity contribution in [3.05, 3.63) is 41.0 Å². The van der Waals surface area contributed by atoms with E-state index in [1.54, 1.807) is 11.3 Å². The number of fused-ring (bicyclic) bond motifs is 1. The number of thiazole rings is 1. The average Bonchev–Trinajstić information content (AvgIpc) is 3.42. The minimum Gasteiger partial charge on any atom is -0.454 e. The highest BCUT2D eigenvalue weighted by molar-refractivity contribution is 7.13. The van der Waals surface area contributed by atoms with Gasteiger partial charge in [-0.1, -0.05) is 5.16 Å². The first-order chi connectivity index (χ1) is 13.3. The summed E-state index contributed by atoms with van der Waals surface area (Å²) in [5, 5.41) is 10.5. The minimum atomic E-state index is 0. The summed E-state index contributed by atoms with van der Waals surface area (Å²) < 4.78 is 16.3. The number of aromatic nitrogens is 3. The number of rotatable bonds is 4. The fourth-order valence-corrected chi connectivity index (χ4v) is 4.09. The van der Waals surface area contributed by atoms with Crippen LogP contribution < -0.4 is 14.8 Å². The number of ether oxygens (including phenoxy) is 2. The van der Waals surface area contributed by atoms with Crippen LogP contribution in [-0.2, 0) is 6.42 Å². The molecule has 148 valence electrons. The zero-order chi connectivity index (χ0) is 18.2. The van der Waals surface area contributed by atoms with Crippen molar-refractivity contribution in [2.24, 2.45) is 0 Å². The molecule has 2 aliphatic heterocycles. The van der Waals surface area contributed by atoms with Crippen LogP contribution in [0.3, 0.4) is 0 Å². The lowest BCUT2D eigenvalue weighted by atomic mass is 10.2. The number of likely N-dealkylation sites (N-methyl/N-ethyl adjacent to an activating group) is 1. The topological polar surface area (TPSA) is 85.5 Å². The predicted molar refractivity (Wildman–Crippen MR) is 106 cm³/mol. The smallest absolute Gasteiger partial charge is 0.232 e. The summed E-state index contributed by atoms with van der Waals surface area (Å²) in [4.78, 5) is 11.5. The fraction of sp³-hybridized carbons (Fsp3) is 0.389. The Hall–Kier alpha value is -2.20. The summed E-state index contributed by atoms with van der Waals surface area (Å²) in [6, 6.07) is 6.02. The Morgan fingerprint density at radius 2 is 2.14 bits per heavy atom. The highest BCUT2D eigenvalue weighted by Gasteiger charge is 2.25. The molecular formula is C18H20ClN5O3S. The monoisotopic (exact) mass is 421 g/mol. The Labute approximate surface area is 172 Å². The third-order valence-electron chi connectivity index (χ3n) is 4.80.